The van der Waals surface area contributed by atoms with Crippen LogP contribution in [0.4, 0.5) is 0 Å². The molecule has 0 aliphatic carbocycles. The molecular formula is C9H17N. The summed E-state index contributed by atoms with van der Waals surface area (Å²) < 4.78 is 0. The van der Waals surface area contributed by atoms with Crippen LogP contribution in [0.15, 0.2) is 11.8 Å². The highest BCUT2D eigenvalue weighted by molar-refractivity contribution is 5.02. The van der Waals surface area contributed by atoms with E-state index in [9.17, 15) is 0 Å². The van der Waals surface area contributed by atoms with Crippen LogP contribution in [0.25, 0.3) is 0 Å². The lowest BCUT2D eigenvalue weighted by Crippen LogP contribution is -2.34. The number of allylic oxidation sites excluding steroid dienone is 1. The molecule has 1 N–H and O–H groups in total. The Kier molecular flexibility index (Phi) is 2.02. The summed E-state index contributed by atoms with van der Waals surface area (Å²) in [5.74, 6) is 0. The summed E-state index contributed by atoms with van der Waals surface area (Å²) in [4.78, 5) is 0. The quantitative estimate of drug-likeness (QED) is 0.543. The van der Waals surface area contributed by atoms with Crippen molar-refractivity contribution in [1.29, 1.82) is 0 Å². The van der Waals surface area contributed by atoms with Crippen LogP contribution in [0.3, 0.4) is 0 Å². The Morgan fingerprint density at radius 1 is 1.50 bits per heavy atom. The Morgan fingerprint density at radius 2 is 2.20 bits per heavy atom. The second kappa shape index (κ2) is 2.65. The van der Waals surface area contributed by atoms with Crippen LogP contribution in [0, 0.1) is 0 Å². The third-order valence-electron chi connectivity index (χ3n) is 2.08. The molecule has 0 spiro atoms. The lowest BCUT2D eigenvalue weighted by molar-refractivity contribution is 0.408. The van der Waals surface area contributed by atoms with E-state index in [-0.39, 0.29) is 0 Å². The topological polar surface area (TPSA) is 12.0 Å². The van der Waals surface area contributed by atoms with Crippen molar-refractivity contribution in [2.75, 3.05) is 0 Å². The molecule has 0 amide bonds. The minimum Gasteiger partial charge on any atom is -0.386 e. The van der Waals surface area contributed by atoms with Crippen LogP contribution in [0.5, 0.6) is 0 Å². The first-order valence-corrected chi connectivity index (χ1v) is 4.03. The molecule has 1 aliphatic heterocycles. The van der Waals surface area contributed by atoms with E-state index in [0.717, 1.165) is 0 Å². The van der Waals surface area contributed by atoms with Crippen molar-refractivity contribution in [3.63, 3.8) is 0 Å². The molecule has 58 valence electrons. The Balaban J connectivity index is 2.57. The zero-order valence-corrected chi connectivity index (χ0v) is 7.20. The van der Waals surface area contributed by atoms with Crippen molar-refractivity contribution in [1.82, 2.24) is 5.32 Å². The Morgan fingerprint density at radius 3 is 2.90 bits per heavy atom. The minimum absolute atomic E-state index is 0.317. The summed E-state index contributed by atoms with van der Waals surface area (Å²) in [6.45, 7) is 6.69. The second-order valence-electron chi connectivity index (χ2n) is 3.87. The average molecular weight is 139 g/mol. The van der Waals surface area contributed by atoms with Gasteiger partial charge in [-0.1, -0.05) is 5.57 Å². The maximum absolute atomic E-state index is 3.41. The first kappa shape index (κ1) is 7.64. The van der Waals surface area contributed by atoms with E-state index in [4.69, 9.17) is 0 Å². The van der Waals surface area contributed by atoms with Crippen molar-refractivity contribution >= 4 is 0 Å². The number of hydrogen-bond donors (Lipinski definition) is 1. The number of rotatable bonds is 0. The summed E-state index contributed by atoms with van der Waals surface area (Å²) in [5, 5.41) is 3.41. The number of hydrogen-bond acceptors (Lipinski definition) is 1. The van der Waals surface area contributed by atoms with E-state index in [1.54, 1.807) is 0 Å². The monoisotopic (exact) mass is 139 g/mol. The van der Waals surface area contributed by atoms with E-state index in [1.807, 2.05) is 0 Å². The van der Waals surface area contributed by atoms with Gasteiger partial charge in [0, 0.05) is 5.54 Å². The van der Waals surface area contributed by atoms with Gasteiger partial charge in [0.15, 0.2) is 0 Å². The van der Waals surface area contributed by atoms with Gasteiger partial charge in [0.1, 0.15) is 0 Å². The Hall–Kier alpha value is -0.460. The highest BCUT2D eigenvalue weighted by atomic mass is 14.9. The molecule has 10 heavy (non-hydrogen) atoms. The van der Waals surface area contributed by atoms with Gasteiger partial charge in [-0.05, 0) is 46.2 Å². The van der Waals surface area contributed by atoms with Crippen molar-refractivity contribution in [2.24, 2.45) is 0 Å². The molecule has 0 bridgehead atoms. The van der Waals surface area contributed by atoms with Gasteiger partial charge in [-0.25, -0.2) is 0 Å². The summed E-state index contributed by atoms with van der Waals surface area (Å²) >= 11 is 0. The van der Waals surface area contributed by atoms with Gasteiger partial charge in [0.25, 0.3) is 0 Å². The van der Waals surface area contributed by atoms with E-state index < -0.39 is 0 Å². The van der Waals surface area contributed by atoms with E-state index in [0.29, 0.717) is 5.54 Å². The molecule has 0 unspecified atom stereocenters. The van der Waals surface area contributed by atoms with Crippen molar-refractivity contribution in [2.45, 2.75) is 45.6 Å². The molecule has 0 aromatic carbocycles. The molecule has 1 nitrogen and oxygen atoms in total. The van der Waals surface area contributed by atoms with Crippen LogP contribution in [-0.4, -0.2) is 5.54 Å². The average Bonchev–Trinajstić information content (AvgIpc) is 1.94. The third-order valence-corrected chi connectivity index (χ3v) is 2.08. The first-order chi connectivity index (χ1) is 4.60. The smallest absolute Gasteiger partial charge is 0.0312 e. The predicted octanol–water partition coefficient (Wildman–Crippen LogP) is 2.44. The molecule has 1 aliphatic rings. The van der Waals surface area contributed by atoms with Gasteiger partial charge in [0.2, 0.25) is 0 Å². The second-order valence-corrected chi connectivity index (χ2v) is 3.87. The maximum atomic E-state index is 3.41. The van der Waals surface area contributed by atoms with Crippen molar-refractivity contribution in [3.05, 3.63) is 11.8 Å². The zero-order chi connectivity index (χ0) is 7.61. The van der Waals surface area contributed by atoms with E-state index in [2.05, 4.69) is 32.3 Å². The third kappa shape index (κ3) is 2.05. The normalized spacial score (nSPS) is 24.5. The number of nitrogens with one attached hydrogen (secondary N) is 1. The lowest BCUT2D eigenvalue weighted by Gasteiger charge is -2.23. The van der Waals surface area contributed by atoms with Gasteiger partial charge in [-0.2, -0.15) is 0 Å². The first-order valence-electron chi connectivity index (χ1n) is 4.03. The molecule has 1 rings (SSSR count). The molecule has 0 fully saturated rings. The Labute approximate surface area is 63.5 Å². The lowest BCUT2D eigenvalue weighted by atomic mass is 9.98. The molecule has 0 saturated heterocycles. The van der Waals surface area contributed by atoms with Crippen LogP contribution in [0.2, 0.25) is 0 Å². The van der Waals surface area contributed by atoms with Gasteiger partial charge < -0.3 is 5.32 Å². The molecule has 1 heterocycles. The molecule has 0 aromatic heterocycles. The van der Waals surface area contributed by atoms with E-state index >= 15 is 0 Å². The standard InChI is InChI=1S/C9H17N/c1-8-5-4-6-9(2,3)10-7-8/h7,10H,4-6H2,1-3H3. The van der Waals surface area contributed by atoms with Crippen molar-refractivity contribution in [3.8, 4) is 0 Å². The van der Waals surface area contributed by atoms with Gasteiger partial charge in [-0.15, -0.1) is 0 Å². The van der Waals surface area contributed by atoms with Crippen LogP contribution >= 0.6 is 0 Å². The highest BCUT2D eigenvalue weighted by Gasteiger charge is 2.16. The summed E-state index contributed by atoms with van der Waals surface area (Å²) in [7, 11) is 0. The maximum Gasteiger partial charge on any atom is 0.0312 e. The van der Waals surface area contributed by atoms with Crippen LogP contribution < -0.4 is 5.32 Å². The minimum atomic E-state index is 0.317. The molecule has 1 heteroatoms. The van der Waals surface area contributed by atoms with Gasteiger partial charge in [-0.3, -0.25) is 0 Å². The van der Waals surface area contributed by atoms with Crippen LogP contribution in [-0.2, 0) is 0 Å². The van der Waals surface area contributed by atoms with Gasteiger partial charge in [0.05, 0.1) is 0 Å². The zero-order valence-electron chi connectivity index (χ0n) is 7.20. The predicted molar refractivity (Wildman–Crippen MR) is 44.8 cm³/mol. The van der Waals surface area contributed by atoms with Gasteiger partial charge >= 0.3 is 0 Å². The van der Waals surface area contributed by atoms with Crippen LogP contribution in [0.1, 0.15) is 40.0 Å². The largest absolute Gasteiger partial charge is 0.386 e. The SMILES string of the molecule is CC1=CNC(C)(C)CCC1. The highest BCUT2D eigenvalue weighted by Crippen LogP contribution is 2.19. The summed E-state index contributed by atoms with van der Waals surface area (Å²) in [6, 6.07) is 0. The van der Waals surface area contributed by atoms with Crippen molar-refractivity contribution < 1.29 is 0 Å². The molecular weight excluding hydrogens is 122 g/mol. The summed E-state index contributed by atoms with van der Waals surface area (Å²) in [6.07, 6.45) is 6.02. The molecule has 0 radical (unpaired) electrons. The molecule has 0 atom stereocenters. The summed E-state index contributed by atoms with van der Waals surface area (Å²) in [5.41, 5.74) is 1.79. The fourth-order valence-corrected chi connectivity index (χ4v) is 1.27. The fraction of sp³-hybridized carbons (Fsp3) is 0.778. The van der Waals surface area contributed by atoms with E-state index in [1.165, 1.54) is 24.8 Å². The molecule has 0 saturated carbocycles. The fourth-order valence-electron chi connectivity index (χ4n) is 1.27. The molecule has 0 aromatic rings. The Bertz CT molecular complexity index is 145.